The second kappa shape index (κ2) is 9.65. The van der Waals surface area contributed by atoms with Gasteiger partial charge in [-0.3, -0.25) is 9.59 Å². The summed E-state index contributed by atoms with van der Waals surface area (Å²) in [4.78, 5) is 24.1. The second-order valence-corrected chi connectivity index (χ2v) is 6.71. The Kier molecular flexibility index (Phi) is 6.75. The van der Waals surface area contributed by atoms with Gasteiger partial charge in [0.25, 0.3) is 5.91 Å². The van der Waals surface area contributed by atoms with Crippen LogP contribution in [0, 0.1) is 11.6 Å². The molecule has 0 aliphatic rings. The number of carbonyl (C=O) groups excluding carboxylic acids is 2. The lowest BCUT2D eigenvalue weighted by Gasteiger charge is -2.16. The molecule has 0 radical (unpaired) electrons. The number of carbonyl (C=O) groups is 2. The van der Waals surface area contributed by atoms with E-state index in [0.29, 0.717) is 24.0 Å². The molecule has 0 saturated heterocycles. The first-order valence-corrected chi connectivity index (χ1v) is 9.22. The van der Waals surface area contributed by atoms with E-state index in [1.807, 2.05) is 30.3 Å². The summed E-state index contributed by atoms with van der Waals surface area (Å²) in [6, 6.07) is 18.0. The van der Waals surface area contributed by atoms with Crippen molar-refractivity contribution in [2.24, 2.45) is 5.73 Å². The van der Waals surface area contributed by atoms with Crippen LogP contribution in [0.1, 0.15) is 21.5 Å². The zero-order valence-electron chi connectivity index (χ0n) is 16.0. The first kappa shape index (κ1) is 21.0. The molecule has 0 spiro atoms. The molecule has 0 heterocycles. The van der Waals surface area contributed by atoms with Crippen LogP contribution < -0.4 is 15.8 Å². The first-order chi connectivity index (χ1) is 14.4. The number of nitrogens with one attached hydrogen (secondary N) is 1. The van der Waals surface area contributed by atoms with E-state index in [0.717, 1.165) is 17.7 Å². The largest absolute Gasteiger partial charge is 0.489 e. The van der Waals surface area contributed by atoms with E-state index in [2.05, 4.69) is 5.32 Å². The van der Waals surface area contributed by atoms with E-state index < -0.39 is 29.5 Å². The topological polar surface area (TPSA) is 81.4 Å². The van der Waals surface area contributed by atoms with E-state index in [1.165, 1.54) is 0 Å². The zero-order valence-corrected chi connectivity index (χ0v) is 16.0. The third kappa shape index (κ3) is 5.88. The molecule has 30 heavy (non-hydrogen) atoms. The molecule has 3 aromatic carbocycles. The van der Waals surface area contributed by atoms with Gasteiger partial charge in [0.2, 0.25) is 5.91 Å². The Morgan fingerprint density at radius 3 is 2.23 bits per heavy atom. The molecular weight excluding hydrogens is 390 g/mol. The van der Waals surface area contributed by atoms with E-state index in [-0.39, 0.29) is 12.0 Å². The highest BCUT2D eigenvalue weighted by atomic mass is 19.1. The fraction of sp³-hybridized carbons (Fsp3) is 0.130. The summed E-state index contributed by atoms with van der Waals surface area (Å²) in [6.45, 7) is 0.380. The lowest BCUT2D eigenvalue weighted by atomic mass is 10.0. The second-order valence-electron chi connectivity index (χ2n) is 6.71. The van der Waals surface area contributed by atoms with Gasteiger partial charge in [-0.2, -0.15) is 0 Å². The van der Waals surface area contributed by atoms with E-state index >= 15 is 0 Å². The lowest BCUT2D eigenvalue weighted by molar-refractivity contribution is -0.119. The SMILES string of the molecule is NC(=O)[C@@H](Cc1cccc(OCc2ccccc2)c1)NC(=O)c1cc(F)cc(F)c1. The van der Waals surface area contributed by atoms with Gasteiger partial charge in [0.05, 0.1) is 0 Å². The van der Waals surface area contributed by atoms with Crippen molar-refractivity contribution >= 4 is 11.8 Å². The smallest absolute Gasteiger partial charge is 0.252 e. The number of amides is 2. The number of hydrogen-bond acceptors (Lipinski definition) is 3. The summed E-state index contributed by atoms with van der Waals surface area (Å²) < 4.78 is 32.5. The van der Waals surface area contributed by atoms with Crippen LogP contribution in [0.2, 0.25) is 0 Å². The lowest BCUT2D eigenvalue weighted by Crippen LogP contribution is -2.45. The van der Waals surface area contributed by atoms with Crippen molar-refractivity contribution in [3.8, 4) is 5.75 Å². The van der Waals surface area contributed by atoms with Gasteiger partial charge in [-0.05, 0) is 35.4 Å². The molecule has 3 rings (SSSR count). The van der Waals surface area contributed by atoms with Gasteiger partial charge in [0.15, 0.2) is 0 Å². The van der Waals surface area contributed by atoms with Gasteiger partial charge in [-0.25, -0.2) is 8.78 Å². The third-order valence-electron chi connectivity index (χ3n) is 4.36. The standard InChI is InChI=1S/C23H20F2N2O3/c24-18-11-17(12-19(25)13-18)23(29)27-21(22(26)28)10-16-7-4-8-20(9-16)30-14-15-5-2-1-3-6-15/h1-9,11-13,21H,10,14H2,(H2,26,28)(H,27,29)/t21-/m1/s1. The fourth-order valence-electron chi connectivity index (χ4n) is 2.89. The predicted octanol–water partition coefficient (Wildman–Crippen LogP) is 3.37. The third-order valence-corrected chi connectivity index (χ3v) is 4.36. The molecule has 5 nitrogen and oxygen atoms in total. The van der Waals surface area contributed by atoms with Crippen molar-refractivity contribution in [3.63, 3.8) is 0 Å². The van der Waals surface area contributed by atoms with Crippen LogP contribution in [0.25, 0.3) is 0 Å². The molecule has 0 aliphatic carbocycles. The Morgan fingerprint density at radius 1 is 0.900 bits per heavy atom. The van der Waals surface area contributed by atoms with Crippen LogP contribution in [0.3, 0.4) is 0 Å². The summed E-state index contributed by atoms with van der Waals surface area (Å²) >= 11 is 0. The average molecular weight is 410 g/mol. The fourth-order valence-corrected chi connectivity index (χ4v) is 2.89. The number of ether oxygens (including phenoxy) is 1. The molecule has 0 saturated carbocycles. The van der Waals surface area contributed by atoms with Crippen LogP contribution >= 0.6 is 0 Å². The Bertz CT molecular complexity index is 1020. The minimum absolute atomic E-state index is 0.0986. The minimum Gasteiger partial charge on any atom is -0.489 e. The number of nitrogens with two attached hydrogens (primary N) is 1. The number of primary amides is 1. The summed E-state index contributed by atoms with van der Waals surface area (Å²) in [5.74, 6) is -2.75. The molecule has 154 valence electrons. The van der Waals surface area contributed by atoms with Gasteiger partial charge >= 0.3 is 0 Å². The molecule has 0 unspecified atom stereocenters. The van der Waals surface area contributed by atoms with Gasteiger partial charge in [0, 0.05) is 18.1 Å². The van der Waals surface area contributed by atoms with Crippen LogP contribution in [0.15, 0.2) is 72.8 Å². The normalized spacial score (nSPS) is 11.5. The van der Waals surface area contributed by atoms with E-state index in [1.54, 1.807) is 24.3 Å². The molecule has 3 N–H and O–H groups in total. The molecule has 7 heteroatoms. The average Bonchev–Trinajstić information content (AvgIpc) is 2.72. The summed E-state index contributed by atoms with van der Waals surface area (Å²) in [6.07, 6.45) is 0.0986. The molecule has 3 aromatic rings. The minimum atomic E-state index is -1.06. The first-order valence-electron chi connectivity index (χ1n) is 9.22. The Morgan fingerprint density at radius 2 is 1.57 bits per heavy atom. The quantitative estimate of drug-likeness (QED) is 0.597. The van der Waals surface area contributed by atoms with Crippen LogP contribution in [0.5, 0.6) is 5.75 Å². The summed E-state index contributed by atoms with van der Waals surface area (Å²) in [7, 11) is 0. The zero-order chi connectivity index (χ0) is 21.5. The molecule has 1 atom stereocenters. The Labute approximate surface area is 172 Å². The molecule has 0 fully saturated rings. The number of rotatable bonds is 8. The number of halogens is 2. The number of hydrogen-bond donors (Lipinski definition) is 2. The highest BCUT2D eigenvalue weighted by molar-refractivity contribution is 5.97. The summed E-state index contributed by atoms with van der Waals surface area (Å²) in [5, 5.41) is 2.43. The molecule has 2 amide bonds. The van der Waals surface area contributed by atoms with Crippen molar-refractivity contribution in [2.45, 2.75) is 19.1 Å². The number of benzene rings is 3. The maximum Gasteiger partial charge on any atom is 0.252 e. The Hall–Kier alpha value is -3.74. The van der Waals surface area contributed by atoms with Crippen molar-refractivity contribution in [2.75, 3.05) is 0 Å². The Balaban J connectivity index is 1.67. The highest BCUT2D eigenvalue weighted by Crippen LogP contribution is 2.17. The monoisotopic (exact) mass is 410 g/mol. The van der Waals surface area contributed by atoms with Crippen LogP contribution in [-0.4, -0.2) is 17.9 Å². The van der Waals surface area contributed by atoms with Gasteiger partial charge in [0.1, 0.15) is 30.0 Å². The van der Waals surface area contributed by atoms with E-state index in [9.17, 15) is 18.4 Å². The molecule has 0 aliphatic heterocycles. The van der Waals surface area contributed by atoms with Crippen molar-refractivity contribution < 1.29 is 23.1 Å². The van der Waals surface area contributed by atoms with Crippen molar-refractivity contribution in [1.29, 1.82) is 0 Å². The predicted molar refractivity (Wildman–Crippen MR) is 108 cm³/mol. The van der Waals surface area contributed by atoms with Crippen molar-refractivity contribution in [1.82, 2.24) is 5.32 Å². The van der Waals surface area contributed by atoms with Crippen LogP contribution in [0.4, 0.5) is 8.78 Å². The van der Waals surface area contributed by atoms with E-state index in [4.69, 9.17) is 10.5 Å². The maximum absolute atomic E-state index is 13.3. The van der Waals surface area contributed by atoms with Gasteiger partial charge in [-0.15, -0.1) is 0 Å². The van der Waals surface area contributed by atoms with Crippen molar-refractivity contribution in [3.05, 3.63) is 101 Å². The summed E-state index contributed by atoms with van der Waals surface area (Å²) in [5.41, 5.74) is 6.88. The highest BCUT2D eigenvalue weighted by Gasteiger charge is 2.20. The molecular formula is C23H20F2N2O3. The molecule has 0 bridgehead atoms. The maximum atomic E-state index is 13.3. The van der Waals surface area contributed by atoms with Crippen LogP contribution in [-0.2, 0) is 17.8 Å². The van der Waals surface area contributed by atoms with Gasteiger partial charge in [-0.1, -0.05) is 42.5 Å². The van der Waals surface area contributed by atoms with Gasteiger partial charge < -0.3 is 15.8 Å². The molecule has 0 aromatic heterocycles.